The first-order valence-electron chi connectivity index (χ1n) is 9.27. The van der Waals surface area contributed by atoms with E-state index in [0.29, 0.717) is 18.8 Å². The van der Waals surface area contributed by atoms with Gasteiger partial charge in [0.05, 0.1) is 4.90 Å². The molecule has 0 aliphatic carbocycles. The molecule has 2 rings (SSSR count). The third-order valence-corrected chi connectivity index (χ3v) is 6.85. The quantitative estimate of drug-likeness (QED) is 0.677. The minimum absolute atomic E-state index is 0.133. The Kier molecular flexibility index (Phi) is 7.21. The van der Waals surface area contributed by atoms with E-state index in [1.165, 1.54) is 22.0 Å². The Morgan fingerprint density at radius 1 is 0.964 bits per heavy atom. The first-order valence-corrected chi connectivity index (χ1v) is 10.7. The number of ether oxygens (including phenoxy) is 1. The molecule has 0 aromatic heterocycles. The molecule has 0 radical (unpaired) electrons. The maximum Gasteiger partial charge on any atom is 0.264 e. The molecule has 28 heavy (non-hydrogen) atoms. The van der Waals surface area contributed by atoms with Gasteiger partial charge < -0.3 is 9.64 Å². The molecular formula is C21H28N2O4S. The van der Waals surface area contributed by atoms with Gasteiger partial charge in [0, 0.05) is 25.8 Å². The van der Waals surface area contributed by atoms with Gasteiger partial charge in [-0.1, -0.05) is 19.9 Å². The molecule has 2 aromatic carbocycles. The van der Waals surface area contributed by atoms with E-state index < -0.39 is 10.0 Å². The molecule has 0 fully saturated rings. The smallest absolute Gasteiger partial charge is 0.264 e. The molecule has 0 aliphatic heterocycles. The highest BCUT2D eigenvalue weighted by atomic mass is 32.2. The Morgan fingerprint density at radius 3 is 2.11 bits per heavy atom. The number of aryl methyl sites for hydroxylation is 2. The number of benzene rings is 2. The Morgan fingerprint density at radius 2 is 1.57 bits per heavy atom. The summed E-state index contributed by atoms with van der Waals surface area (Å²) < 4.78 is 31.9. The Hall–Kier alpha value is -2.38. The van der Waals surface area contributed by atoms with Crippen LogP contribution >= 0.6 is 0 Å². The predicted molar refractivity (Wildman–Crippen MR) is 111 cm³/mol. The lowest BCUT2D eigenvalue weighted by molar-refractivity contribution is -0.120. The van der Waals surface area contributed by atoms with Crippen LogP contribution in [0.25, 0.3) is 0 Å². The summed E-state index contributed by atoms with van der Waals surface area (Å²) >= 11 is 0. The van der Waals surface area contributed by atoms with Gasteiger partial charge in [0.2, 0.25) is 10.0 Å². The summed E-state index contributed by atoms with van der Waals surface area (Å²) in [6.45, 7) is 8.32. The van der Waals surface area contributed by atoms with Crippen LogP contribution < -0.4 is 9.64 Å². The van der Waals surface area contributed by atoms with Crippen LogP contribution in [-0.2, 0) is 14.8 Å². The summed E-state index contributed by atoms with van der Waals surface area (Å²) in [4.78, 5) is 14.2. The van der Waals surface area contributed by atoms with E-state index in [4.69, 9.17) is 4.74 Å². The summed E-state index contributed by atoms with van der Waals surface area (Å²) in [5, 5.41) is 0. The van der Waals surface area contributed by atoms with Crippen molar-refractivity contribution in [2.24, 2.45) is 0 Å². The van der Waals surface area contributed by atoms with E-state index in [0.717, 1.165) is 11.3 Å². The summed E-state index contributed by atoms with van der Waals surface area (Å²) in [6, 6.07) is 12.0. The van der Waals surface area contributed by atoms with Crippen LogP contribution in [0.3, 0.4) is 0 Å². The van der Waals surface area contributed by atoms with Crippen molar-refractivity contribution in [1.82, 2.24) is 4.31 Å². The van der Waals surface area contributed by atoms with Gasteiger partial charge in [-0.15, -0.1) is 0 Å². The van der Waals surface area contributed by atoms with E-state index in [1.54, 1.807) is 37.9 Å². The molecule has 1 amide bonds. The van der Waals surface area contributed by atoms with Crippen molar-refractivity contribution >= 4 is 21.6 Å². The molecule has 0 heterocycles. The van der Waals surface area contributed by atoms with E-state index in [2.05, 4.69) is 0 Å². The number of anilines is 1. The molecule has 0 N–H and O–H groups in total. The number of carbonyl (C=O) groups excluding carboxylic acids is 1. The summed E-state index contributed by atoms with van der Waals surface area (Å²) in [5.74, 6) is 0.253. The third kappa shape index (κ3) is 4.91. The average Bonchev–Trinajstić information content (AvgIpc) is 2.68. The zero-order chi connectivity index (χ0) is 20.9. The fourth-order valence-electron chi connectivity index (χ4n) is 2.74. The van der Waals surface area contributed by atoms with Crippen LogP contribution in [0.5, 0.6) is 5.75 Å². The summed E-state index contributed by atoms with van der Waals surface area (Å²) in [5.41, 5.74) is 3.08. The number of hydrogen-bond acceptors (Lipinski definition) is 4. The molecule has 0 spiro atoms. The van der Waals surface area contributed by atoms with Gasteiger partial charge in [-0.25, -0.2) is 8.42 Å². The van der Waals surface area contributed by atoms with Gasteiger partial charge in [-0.3, -0.25) is 4.79 Å². The average molecular weight is 405 g/mol. The van der Waals surface area contributed by atoms with E-state index >= 15 is 0 Å². The first kappa shape index (κ1) is 21.9. The highest BCUT2D eigenvalue weighted by Gasteiger charge is 2.21. The minimum atomic E-state index is -3.50. The molecule has 0 atom stereocenters. The van der Waals surface area contributed by atoms with Crippen molar-refractivity contribution in [2.75, 3.05) is 31.6 Å². The van der Waals surface area contributed by atoms with Crippen molar-refractivity contribution in [3.63, 3.8) is 0 Å². The largest absolute Gasteiger partial charge is 0.484 e. The monoisotopic (exact) mass is 404 g/mol. The van der Waals surface area contributed by atoms with Crippen molar-refractivity contribution in [1.29, 1.82) is 0 Å². The lowest BCUT2D eigenvalue weighted by atomic mass is 10.1. The summed E-state index contributed by atoms with van der Waals surface area (Å²) in [7, 11) is -1.80. The molecule has 2 aromatic rings. The van der Waals surface area contributed by atoms with Crippen LogP contribution in [0, 0.1) is 13.8 Å². The zero-order valence-electron chi connectivity index (χ0n) is 17.1. The van der Waals surface area contributed by atoms with Crippen LogP contribution in [0.1, 0.15) is 25.0 Å². The molecule has 0 saturated heterocycles. The van der Waals surface area contributed by atoms with Crippen LogP contribution in [0.2, 0.25) is 0 Å². The SMILES string of the molecule is CCN(CC)S(=O)(=O)c1ccc(OCC(=O)N(C)c2ccc(C)c(C)c2)cc1. The topological polar surface area (TPSA) is 66.9 Å². The fraction of sp³-hybridized carbons (Fsp3) is 0.381. The number of hydrogen-bond donors (Lipinski definition) is 0. The van der Waals surface area contributed by atoms with Gasteiger partial charge in [0.25, 0.3) is 5.91 Å². The lowest BCUT2D eigenvalue weighted by Gasteiger charge is -2.19. The molecule has 7 heteroatoms. The second kappa shape index (κ2) is 9.21. The Bertz CT molecular complexity index is 920. The molecular weight excluding hydrogens is 376 g/mol. The molecule has 0 unspecified atom stereocenters. The number of sulfonamides is 1. The molecule has 6 nitrogen and oxygen atoms in total. The Labute approximate surface area is 167 Å². The molecule has 0 saturated carbocycles. The second-order valence-corrected chi connectivity index (χ2v) is 8.51. The van der Waals surface area contributed by atoms with Gasteiger partial charge in [0.1, 0.15) is 5.75 Å². The normalized spacial score (nSPS) is 11.5. The number of amides is 1. The van der Waals surface area contributed by atoms with Crippen molar-refractivity contribution in [3.05, 3.63) is 53.6 Å². The molecule has 0 aliphatic rings. The molecule has 152 valence electrons. The molecule has 0 bridgehead atoms. The highest BCUT2D eigenvalue weighted by Crippen LogP contribution is 2.21. The lowest BCUT2D eigenvalue weighted by Crippen LogP contribution is -2.31. The second-order valence-electron chi connectivity index (χ2n) is 6.57. The number of likely N-dealkylation sites (N-methyl/N-ethyl adjacent to an activating group) is 1. The van der Waals surface area contributed by atoms with Crippen LogP contribution in [0.4, 0.5) is 5.69 Å². The van der Waals surface area contributed by atoms with E-state index in [9.17, 15) is 13.2 Å². The van der Waals surface area contributed by atoms with E-state index in [1.807, 2.05) is 32.0 Å². The van der Waals surface area contributed by atoms with Crippen molar-refractivity contribution in [2.45, 2.75) is 32.6 Å². The highest BCUT2D eigenvalue weighted by molar-refractivity contribution is 7.89. The number of rotatable bonds is 8. The number of carbonyl (C=O) groups is 1. The van der Waals surface area contributed by atoms with Crippen LogP contribution in [-0.4, -0.2) is 45.4 Å². The third-order valence-electron chi connectivity index (χ3n) is 4.78. The maximum absolute atomic E-state index is 12.5. The maximum atomic E-state index is 12.5. The van der Waals surface area contributed by atoms with Crippen molar-refractivity contribution in [3.8, 4) is 5.75 Å². The predicted octanol–water partition coefficient (Wildman–Crippen LogP) is 3.38. The first-order chi connectivity index (χ1) is 13.2. The van der Waals surface area contributed by atoms with Gasteiger partial charge in [-0.05, 0) is 61.4 Å². The van der Waals surface area contributed by atoms with Gasteiger partial charge >= 0.3 is 0 Å². The standard InChI is InChI=1S/C21H28N2O4S/c1-6-23(7-2)28(25,26)20-12-10-19(11-13-20)27-15-21(24)22(5)18-9-8-16(3)17(4)14-18/h8-14H,6-7,15H2,1-5H3. The van der Waals surface area contributed by atoms with Crippen LogP contribution in [0.15, 0.2) is 47.4 Å². The van der Waals surface area contributed by atoms with E-state index in [-0.39, 0.29) is 17.4 Å². The Balaban J connectivity index is 2.02. The number of nitrogens with zero attached hydrogens (tertiary/aromatic N) is 2. The van der Waals surface area contributed by atoms with Gasteiger partial charge in [-0.2, -0.15) is 4.31 Å². The minimum Gasteiger partial charge on any atom is -0.484 e. The fourth-order valence-corrected chi connectivity index (χ4v) is 4.20. The van der Waals surface area contributed by atoms with Crippen molar-refractivity contribution < 1.29 is 17.9 Å². The van der Waals surface area contributed by atoms with Gasteiger partial charge in [0.15, 0.2) is 6.61 Å². The summed E-state index contributed by atoms with van der Waals surface area (Å²) in [6.07, 6.45) is 0. The zero-order valence-corrected chi connectivity index (χ0v) is 17.9.